The van der Waals surface area contributed by atoms with Gasteiger partial charge in [-0.2, -0.15) is 0 Å². The van der Waals surface area contributed by atoms with E-state index in [0.717, 1.165) is 25.9 Å². The van der Waals surface area contributed by atoms with Gasteiger partial charge in [0.05, 0.1) is 4.92 Å². The molecule has 108 valence electrons. The molecule has 1 aliphatic heterocycles. The van der Waals surface area contributed by atoms with E-state index in [1.807, 2.05) is 0 Å². The van der Waals surface area contributed by atoms with Crippen LogP contribution in [0.4, 0.5) is 11.4 Å². The summed E-state index contributed by atoms with van der Waals surface area (Å²) in [5, 5.41) is 20.0. The van der Waals surface area contributed by atoms with Crippen LogP contribution in [0, 0.1) is 10.1 Å². The van der Waals surface area contributed by atoms with Gasteiger partial charge in [0.2, 0.25) is 0 Å². The molecule has 0 radical (unpaired) electrons. The Hall–Kier alpha value is -2.15. The third kappa shape index (κ3) is 3.24. The summed E-state index contributed by atoms with van der Waals surface area (Å²) in [5.41, 5.74) is 0.789. The van der Waals surface area contributed by atoms with E-state index < -0.39 is 4.92 Å². The maximum Gasteiger partial charge on any atom is 0.292 e. The summed E-state index contributed by atoms with van der Waals surface area (Å²) in [7, 11) is 1.53. The second-order valence-corrected chi connectivity index (χ2v) is 4.76. The average molecular weight is 278 g/mol. The number of benzene rings is 1. The normalized spacial score (nSPS) is 18.4. The Labute approximate surface area is 116 Å². The van der Waals surface area contributed by atoms with Gasteiger partial charge in [0.25, 0.3) is 11.6 Å². The zero-order valence-corrected chi connectivity index (χ0v) is 11.3. The molecule has 0 saturated carbocycles. The Morgan fingerprint density at radius 3 is 2.90 bits per heavy atom. The van der Waals surface area contributed by atoms with E-state index in [-0.39, 0.29) is 17.6 Å². The summed E-state index contributed by atoms with van der Waals surface area (Å²) in [6.07, 6.45) is 1.98. The molecule has 1 aromatic rings. The monoisotopic (exact) mass is 278 g/mol. The first-order chi connectivity index (χ1) is 9.61. The van der Waals surface area contributed by atoms with E-state index in [2.05, 4.69) is 16.0 Å². The zero-order chi connectivity index (χ0) is 14.5. The van der Waals surface area contributed by atoms with Crippen LogP contribution in [-0.2, 0) is 0 Å². The Kier molecular flexibility index (Phi) is 4.52. The number of hydrogen-bond acceptors (Lipinski definition) is 5. The van der Waals surface area contributed by atoms with Crippen molar-refractivity contribution in [2.45, 2.75) is 18.9 Å². The van der Waals surface area contributed by atoms with Crippen molar-refractivity contribution in [3.63, 3.8) is 0 Å². The van der Waals surface area contributed by atoms with E-state index in [0.29, 0.717) is 11.3 Å². The molecule has 3 N–H and O–H groups in total. The highest BCUT2D eigenvalue weighted by molar-refractivity contribution is 5.95. The summed E-state index contributed by atoms with van der Waals surface area (Å²) < 4.78 is 0. The third-order valence-corrected chi connectivity index (χ3v) is 3.34. The van der Waals surface area contributed by atoms with Gasteiger partial charge in [-0.15, -0.1) is 0 Å². The van der Waals surface area contributed by atoms with Crippen molar-refractivity contribution >= 4 is 17.3 Å². The fraction of sp³-hybridized carbons (Fsp3) is 0.462. The second-order valence-electron chi connectivity index (χ2n) is 4.76. The number of piperidine rings is 1. The lowest BCUT2D eigenvalue weighted by molar-refractivity contribution is -0.384. The molecule has 7 heteroatoms. The van der Waals surface area contributed by atoms with Crippen molar-refractivity contribution in [3.05, 3.63) is 33.9 Å². The van der Waals surface area contributed by atoms with E-state index in [1.54, 1.807) is 0 Å². The quantitative estimate of drug-likeness (QED) is 0.566. The SMILES string of the molecule is CNC(=O)c1ccc([N+](=O)[O-])c(NC2CCCNC2)c1. The first-order valence-corrected chi connectivity index (χ1v) is 6.59. The molecular weight excluding hydrogens is 260 g/mol. The van der Waals surface area contributed by atoms with Crippen LogP contribution in [0.2, 0.25) is 0 Å². The van der Waals surface area contributed by atoms with Gasteiger partial charge in [0.15, 0.2) is 0 Å². The van der Waals surface area contributed by atoms with Gasteiger partial charge in [-0.3, -0.25) is 14.9 Å². The molecule has 7 nitrogen and oxygen atoms in total. The number of nitrogens with zero attached hydrogens (tertiary/aromatic N) is 1. The predicted octanol–water partition coefficient (Wildman–Crippen LogP) is 1.12. The van der Waals surface area contributed by atoms with Gasteiger partial charge in [-0.05, 0) is 31.5 Å². The summed E-state index contributed by atoms with van der Waals surface area (Å²) in [6.45, 7) is 1.74. The molecular formula is C13H18N4O3. The molecule has 1 amide bonds. The molecule has 0 bridgehead atoms. The minimum atomic E-state index is -0.438. The number of nitrogens with one attached hydrogen (secondary N) is 3. The summed E-state index contributed by atoms with van der Waals surface area (Å²) in [4.78, 5) is 22.2. The van der Waals surface area contributed by atoms with Crippen molar-refractivity contribution in [3.8, 4) is 0 Å². The fourth-order valence-electron chi connectivity index (χ4n) is 2.29. The Balaban J connectivity index is 2.26. The van der Waals surface area contributed by atoms with Crippen molar-refractivity contribution in [1.82, 2.24) is 10.6 Å². The molecule has 20 heavy (non-hydrogen) atoms. The zero-order valence-electron chi connectivity index (χ0n) is 11.3. The highest BCUT2D eigenvalue weighted by Gasteiger charge is 2.20. The number of amides is 1. The molecule has 1 fully saturated rings. The van der Waals surface area contributed by atoms with Crippen LogP contribution in [0.25, 0.3) is 0 Å². The summed E-state index contributed by atoms with van der Waals surface area (Å²) >= 11 is 0. The van der Waals surface area contributed by atoms with Gasteiger partial charge < -0.3 is 16.0 Å². The van der Waals surface area contributed by atoms with E-state index >= 15 is 0 Å². The van der Waals surface area contributed by atoms with Gasteiger partial charge in [0, 0.05) is 31.3 Å². The van der Waals surface area contributed by atoms with E-state index in [4.69, 9.17) is 0 Å². The first-order valence-electron chi connectivity index (χ1n) is 6.59. The van der Waals surface area contributed by atoms with Crippen LogP contribution < -0.4 is 16.0 Å². The molecule has 1 saturated heterocycles. The Morgan fingerprint density at radius 2 is 2.30 bits per heavy atom. The van der Waals surface area contributed by atoms with Crippen LogP contribution in [0.5, 0.6) is 0 Å². The first kappa shape index (κ1) is 14.3. The predicted molar refractivity (Wildman–Crippen MR) is 76.0 cm³/mol. The van der Waals surface area contributed by atoms with Gasteiger partial charge in [-0.1, -0.05) is 0 Å². The lowest BCUT2D eigenvalue weighted by Crippen LogP contribution is -2.38. The highest BCUT2D eigenvalue weighted by Crippen LogP contribution is 2.27. The van der Waals surface area contributed by atoms with Crippen LogP contribution in [0.15, 0.2) is 18.2 Å². The molecule has 0 aromatic heterocycles. The van der Waals surface area contributed by atoms with Crippen molar-refractivity contribution < 1.29 is 9.72 Å². The number of rotatable bonds is 4. The maximum absolute atomic E-state index is 11.6. The number of nitro groups is 1. The van der Waals surface area contributed by atoms with E-state index in [1.165, 1.54) is 25.2 Å². The highest BCUT2D eigenvalue weighted by atomic mass is 16.6. The Bertz CT molecular complexity index is 512. The third-order valence-electron chi connectivity index (χ3n) is 3.34. The largest absolute Gasteiger partial charge is 0.375 e. The van der Waals surface area contributed by atoms with Gasteiger partial charge >= 0.3 is 0 Å². The molecule has 0 aliphatic carbocycles. The standard InChI is InChI=1S/C13H18N4O3/c1-14-13(18)9-4-5-12(17(19)20)11(7-9)16-10-3-2-6-15-8-10/h4-5,7,10,15-16H,2-3,6,8H2,1H3,(H,14,18). The molecule has 1 unspecified atom stereocenters. The number of carbonyl (C=O) groups is 1. The smallest absolute Gasteiger partial charge is 0.292 e. The number of hydrogen-bond donors (Lipinski definition) is 3. The van der Waals surface area contributed by atoms with Crippen LogP contribution in [0.3, 0.4) is 0 Å². The molecule has 0 spiro atoms. The minimum Gasteiger partial charge on any atom is -0.375 e. The van der Waals surface area contributed by atoms with Crippen LogP contribution >= 0.6 is 0 Å². The fourth-order valence-corrected chi connectivity index (χ4v) is 2.29. The molecule has 1 atom stereocenters. The number of carbonyl (C=O) groups excluding carboxylic acids is 1. The lowest BCUT2D eigenvalue weighted by atomic mass is 10.1. The molecule has 2 rings (SSSR count). The van der Waals surface area contributed by atoms with Gasteiger partial charge in [-0.25, -0.2) is 0 Å². The average Bonchev–Trinajstić information content (AvgIpc) is 2.47. The topological polar surface area (TPSA) is 96.3 Å². The minimum absolute atomic E-state index is 0.0109. The molecule has 1 aliphatic rings. The van der Waals surface area contributed by atoms with Crippen molar-refractivity contribution in [2.75, 3.05) is 25.5 Å². The number of nitro benzene ring substituents is 1. The van der Waals surface area contributed by atoms with Crippen LogP contribution in [0.1, 0.15) is 23.2 Å². The van der Waals surface area contributed by atoms with E-state index in [9.17, 15) is 14.9 Å². The van der Waals surface area contributed by atoms with Crippen molar-refractivity contribution in [2.24, 2.45) is 0 Å². The lowest BCUT2D eigenvalue weighted by Gasteiger charge is -2.24. The second kappa shape index (κ2) is 6.33. The van der Waals surface area contributed by atoms with Crippen LogP contribution in [-0.4, -0.2) is 37.0 Å². The van der Waals surface area contributed by atoms with Crippen molar-refractivity contribution in [1.29, 1.82) is 0 Å². The number of anilines is 1. The molecule has 1 heterocycles. The Morgan fingerprint density at radius 1 is 1.50 bits per heavy atom. The summed E-state index contributed by atoms with van der Waals surface area (Å²) in [5.74, 6) is -0.260. The maximum atomic E-state index is 11.6. The van der Waals surface area contributed by atoms with Gasteiger partial charge in [0.1, 0.15) is 5.69 Å². The summed E-state index contributed by atoms with van der Waals surface area (Å²) in [6, 6.07) is 4.50. The molecule has 1 aromatic carbocycles.